The number of fused-ring (bicyclic) bond motifs is 2. The molecule has 1 atom stereocenters. The predicted molar refractivity (Wildman–Crippen MR) is 113 cm³/mol. The number of para-hydroxylation sites is 4. The largest absolute Gasteiger partial charge is 0.485 e. The van der Waals surface area contributed by atoms with Crippen LogP contribution in [0.4, 0.5) is 0 Å². The van der Waals surface area contributed by atoms with Crippen molar-refractivity contribution < 1.29 is 14.3 Å². The smallest absolute Gasteiger partial charge is 0.326 e. The highest BCUT2D eigenvalue weighted by molar-refractivity contribution is 5.89. The zero-order valence-electron chi connectivity index (χ0n) is 17.0. The van der Waals surface area contributed by atoms with Crippen molar-refractivity contribution in [3.05, 3.63) is 59.0 Å². The monoisotopic (exact) mass is 407 g/mol. The van der Waals surface area contributed by atoms with E-state index in [0.29, 0.717) is 18.0 Å². The fourth-order valence-corrected chi connectivity index (χ4v) is 4.42. The van der Waals surface area contributed by atoms with Crippen LogP contribution in [-0.2, 0) is 4.79 Å². The molecule has 1 N–H and O–H groups in total. The molecule has 3 heterocycles. The van der Waals surface area contributed by atoms with Crippen LogP contribution in [0.1, 0.15) is 25.8 Å². The lowest BCUT2D eigenvalue weighted by atomic mass is 9.98. The van der Waals surface area contributed by atoms with E-state index in [2.05, 4.69) is 9.88 Å². The van der Waals surface area contributed by atoms with E-state index in [0.717, 1.165) is 37.0 Å². The van der Waals surface area contributed by atoms with Gasteiger partial charge in [0.1, 0.15) is 6.61 Å². The SMILES string of the molecule is CC1(C(=O)CN2CCC(n3c(=O)[nH]c4ccccc43)CC2)COc2ccccc2O1. The second-order valence-electron chi connectivity index (χ2n) is 8.32. The predicted octanol–water partition coefficient (Wildman–Crippen LogP) is 2.77. The molecule has 0 spiro atoms. The number of nitrogens with zero attached hydrogens (tertiary/aromatic N) is 2. The zero-order valence-corrected chi connectivity index (χ0v) is 17.0. The first-order chi connectivity index (χ1) is 14.5. The number of nitrogens with one attached hydrogen (secondary N) is 1. The van der Waals surface area contributed by atoms with Crippen LogP contribution >= 0.6 is 0 Å². The van der Waals surface area contributed by atoms with Gasteiger partial charge in [-0.1, -0.05) is 24.3 Å². The average Bonchev–Trinajstić information content (AvgIpc) is 3.10. The Balaban J connectivity index is 1.24. The fourth-order valence-electron chi connectivity index (χ4n) is 4.42. The van der Waals surface area contributed by atoms with Gasteiger partial charge in [-0.05, 0) is 44.0 Å². The highest BCUT2D eigenvalue weighted by atomic mass is 16.6. The third-order valence-electron chi connectivity index (χ3n) is 6.19. The molecule has 0 saturated carbocycles. The fraction of sp³-hybridized carbons (Fsp3) is 0.391. The second-order valence-corrected chi connectivity index (χ2v) is 8.32. The number of aromatic amines is 1. The number of carbonyl (C=O) groups is 1. The first-order valence-electron chi connectivity index (χ1n) is 10.4. The van der Waals surface area contributed by atoms with Gasteiger partial charge in [-0.15, -0.1) is 0 Å². The summed E-state index contributed by atoms with van der Waals surface area (Å²) in [5, 5.41) is 0. The van der Waals surface area contributed by atoms with Crippen molar-refractivity contribution in [2.24, 2.45) is 0 Å². The molecule has 1 saturated heterocycles. The zero-order chi connectivity index (χ0) is 20.7. The molecule has 0 aliphatic carbocycles. The lowest BCUT2D eigenvalue weighted by Crippen LogP contribution is -2.53. The molecule has 3 aromatic rings. The highest BCUT2D eigenvalue weighted by Gasteiger charge is 2.41. The van der Waals surface area contributed by atoms with Crippen molar-refractivity contribution >= 4 is 16.8 Å². The van der Waals surface area contributed by atoms with E-state index in [9.17, 15) is 9.59 Å². The summed E-state index contributed by atoms with van der Waals surface area (Å²) in [5.74, 6) is 1.30. The number of rotatable bonds is 4. The van der Waals surface area contributed by atoms with Crippen LogP contribution in [0.25, 0.3) is 11.0 Å². The molecule has 2 aromatic carbocycles. The Morgan fingerprint density at radius 2 is 1.80 bits per heavy atom. The van der Waals surface area contributed by atoms with Gasteiger partial charge >= 0.3 is 5.69 Å². The summed E-state index contributed by atoms with van der Waals surface area (Å²) >= 11 is 0. The van der Waals surface area contributed by atoms with Gasteiger partial charge in [-0.2, -0.15) is 0 Å². The van der Waals surface area contributed by atoms with E-state index in [4.69, 9.17) is 9.47 Å². The Bertz CT molecular complexity index is 1140. The maximum absolute atomic E-state index is 13.0. The molecule has 7 heteroatoms. The Labute approximate surface area is 174 Å². The number of aromatic nitrogens is 2. The highest BCUT2D eigenvalue weighted by Crippen LogP contribution is 2.35. The second kappa shape index (κ2) is 7.32. The number of ketones is 1. The molecule has 7 nitrogen and oxygen atoms in total. The quantitative estimate of drug-likeness (QED) is 0.720. The molecule has 0 radical (unpaired) electrons. The topological polar surface area (TPSA) is 76.6 Å². The molecule has 0 bridgehead atoms. The first-order valence-corrected chi connectivity index (χ1v) is 10.4. The Hall–Kier alpha value is -3.06. The molecular formula is C23H25N3O4. The minimum atomic E-state index is -0.987. The summed E-state index contributed by atoms with van der Waals surface area (Å²) in [7, 11) is 0. The standard InChI is InChI=1S/C23H25N3O4/c1-23(15-29-19-8-4-5-9-20(19)30-23)21(27)14-25-12-10-16(11-13-25)26-18-7-3-2-6-17(18)24-22(26)28/h2-9,16H,10-15H2,1H3,(H,24,28). The molecule has 2 aliphatic heterocycles. The van der Waals surface area contributed by atoms with Gasteiger partial charge in [0.15, 0.2) is 22.9 Å². The van der Waals surface area contributed by atoms with Gasteiger partial charge in [-0.3, -0.25) is 14.3 Å². The van der Waals surface area contributed by atoms with Gasteiger partial charge in [-0.25, -0.2) is 4.79 Å². The van der Waals surface area contributed by atoms with E-state index in [-0.39, 0.29) is 24.1 Å². The van der Waals surface area contributed by atoms with E-state index >= 15 is 0 Å². The molecule has 1 unspecified atom stereocenters. The molecule has 30 heavy (non-hydrogen) atoms. The number of Topliss-reactive ketones (excluding diaryl/α,β-unsaturated/α-hetero) is 1. The third kappa shape index (κ3) is 3.29. The lowest BCUT2D eigenvalue weighted by Gasteiger charge is -2.37. The third-order valence-corrected chi connectivity index (χ3v) is 6.19. The number of carbonyl (C=O) groups excluding carboxylic acids is 1. The molecule has 2 aliphatic rings. The van der Waals surface area contributed by atoms with Crippen molar-refractivity contribution in [3.8, 4) is 11.5 Å². The van der Waals surface area contributed by atoms with Crippen LogP contribution in [0.5, 0.6) is 11.5 Å². The maximum Gasteiger partial charge on any atom is 0.326 e. The van der Waals surface area contributed by atoms with Crippen LogP contribution in [0, 0.1) is 0 Å². The minimum absolute atomic E-state index is 0.0136. The van der Waals surface area contributed by atoms with E-state index in [1.54, 1.807) is 6.92 Å². The van der Waals surface area contributed by atoms with Crippen molar-refractivity contribution in [2.75, 3.05) is 26.2 Å². The van der Waals surface area contributed by atoms with Crippen molar-refractivity contribution in [2.45, 2.75) is 31.4 Å². The number of imidazole rings is 1. The molecule has 1 fully saturated rings. The Morgan fingerprint density at radius 3 is 2.60 bits per heavy atom. The summed E-state index contributed by atoms with van der Waals surface area (Å²) in [6.07, 6.45) is 1.65. The number of hydrogen-bond acceptors (Lipinski definition) is 5. The summed E-state index contributed by atoms with van der Waals surface area (Å²) in [5.41, 5.74) is 0.752. The summed E-state index contributed by atoms with van der Waals surface area (Å²) in [6.45, 7) is 3.84. The van der Waals surface area contributed by atoms with Crippen molar-refractivity contribution in [1.29, 1.82) is 0 Å². The molecule has 0 amide bonds. The molecule has 1 aromatic heterocycles. The van der Waals surface area contributed by atoms with Gasteiger partial charge < -0.3 is 14.5 Å². The normalized spacial score (nSPS) is 22.3. The first kappa shape index (κ1) is 18.9. The van der Waals surface area contributed by atoms with Crippen LogP contribution in [-0.4, -0.2) is 52.1 Å². The maximum atomic E-state index is 13.0. The number of ether oxygens (including phenoxy) is 2. The van der Waals surface area contributed by atoms with Crippen molar-refractivity contribution in [3.63, 3.8) is 0 Å². The molecule has 156 valence electrons. The van der Waals surface area contributed by atoms with E-state index in [1.165, 1.54) is 0 Å². The Kier molecular flexibility index (Phi) is 4.62. The summed E-state index contributed by atoms with van der Waals surface area (Å²) < 4.78 is 13.6. The van der Waals surface area contributed by atoms with Crippen LogP contribution in [0.15, 0.2) is 53.3 Å². The number of likely N-dealkylation sites (tertiary alicyclic amines) is 1. The average molecular weight is 407 g/mol. The van der Waals surface area contributed by atoms with Crippen LogP contribution in [0.3, 0.4) is 0 Å². The van der Waals surface area contributed by atoms with Gasteiger partial charge in [0.25, 0.3) is 0 Å². The number of hydrogen-bond donors (Lipinski definition) is 1. The van der Waals surface area contributed by atoms with Gasteiger partial charge in [0, 0.05) is 19.1 Å². The van der Waals surface area contributed by atoms with Crippen molar-refractivity contribution in [1.82, 2.24) is 14.5 Å². The van der Waals surface area contributed by atoms with Gasteiger partial charge in [0.05, 0.1) is 17.6 Å². The summed E-state index contributed by atoms with van der Waals surface area (Å²) in [6, 6.07) is 15.3. The number of H-pyrrole nitrogens is 1. The molecule has 5 rings (SSSR count). The van der Waals surface area contributed by atoms with E-state index < -0.39 is 5.60 Å². The number of benzene rings is 2. The summed E-state index contributed by atoms with van der Waals surface area (Å²) in [4.78, 5) is 30.6. The number of piperidine rings is 1. The minimum Gasteiger partial charge on any atom is -0.485 e. The van der Waals surface area contributed by atoms with Gasteiger partial charge in [0.2, 0.25) is 0 Å². The lowest BCUT2D eigenvalue weighted by molar-refractivity contribution is -0.139. The van der Waals surface area contributed by atoms with Crippen LogP contribution in [0.2, 0.25) is 0 Å². The molecular weight excluding hydrogens is 382 g/mol. The van der Waals surface area contributed by atoms with Crippen LogP contribution < -0.4 is 15.2 Å². The van der Waals surface area contributed by atoms with E-state index in [1.807, 2.05) is 53.1 Å². The Morgan fingerprint density at radius 1 is 1.10 bits per heavy atom.